The first-order valence-corrected chi connectivity index (χ1v) is 11.2. The highest BCUT2D eigenvalue weighted by Gasteiger charge is 2.25. The molecule has 4 aromatic rings. The molecule has 8 heteroatoms. The number of halogens is 1. The fourth-order valence-corrected chi connectivity index (χ4v) is 4.20. The van der Waals surface area contributed by atoms with Crippen LogP contribution in [0.3, 0.4) is 0 Å². The van der Waals surface area contributed by atoms with E-state index in [4.69, 9.17) is 11.6 Å². The van der Waals surface area contributed by atoms with Crippen molar-refractivity contribution in [3.8, 4) is 5.69 Å². The number of aryl methyl sites for hydroxylation is 3. The molecule has 0 fully saturated rings. The topological polar surface area (TPSA) is 81.8 Å². The standard InChI is InChI=1S/C25H26ClN5O2/c1-6-21(24(32)27-20-9-7-8-19(26)15(20)3)31-25(33)23-22(16(4)28-31)17(5)30(29-23)18-12-10-14(2)11-13-18/h7-13,21H,6H2,1-5H3,(H,27,32)/t21-/m1/s1. The lowest BCUT2D eigenvalue weighted by Crippen LogP contribution is -2.35. The molecular weight excluding hydrogens is 438 g/mol. The largest absolute Gasteiger partial charge is 0.324 e. The Kier molecular flexibility index (Phi) is 6.08. The van der Waals surface area contributed by atoms with Crippen LogP contribution in [0, 0.1) is 27.7 Å². The Bertz CT molecular complexity index is 1420. The summed E-state index contributed by atoms with van der Waals surface area (Å²) in [7, 11) is 0. The fraction of sp³-hybridized carbons (Fsp3) is 0.280. The average molecular weight is 464 g/mol. The van der Waals surface area contributed by atoms with Gasteiger partial charge < -0.3 is 5.32 Å². The van der Waals surface area contributed by atoms with E-state index >= 15 is 0 Å². The summed E-state index contributed by atoms with van der Waals surface area (Å²) < 4.78 is 3.00. The summed E-state index contributed by atoms with van der Waals surface area (Å²) in [5, 5.41) is 13.3. The van der Waals surface area contributed by atoms with Gasteiger partial charge in [0.15, 0.2) is 5.52 Å². The average Bonchev–Trinajstić information content (AvgIpc) is 3.14. The molecule has 0 aliphatic rings. The third-order valence-electron chi connectivity index (χ3n) is 5.94. The normalized spacial score (nSPS) is 12.2. The van der Waals surface area contributed by atoms with Gasteiger partial charge in [-0.3, -0.25) is 9.59 Å². The van der Waals surface area contributed by atoms with Crippen LogP contribution < -0.4 is 10.9 Å². The lowest BCUT2D eigenvalue weighted by molar-refractivity contribution is -0.119. The van der Waals surface area contributed by atoms with Crippen molar-refractivity contribution in [1.82, 2.24) is 19.6 Å². The second kappa shape index (κ2) is 8.83. The van der Waals surface area contributed by atoms with Crippen LogP contribution in [0.1, 0.15) is 41.9 Å². The van der Waals surface area contributed by atoms with E-state index in [0.717, 1.165) is 22.5 Å². The molecule has 2 heterocycles. The minimum atomic E-state index is -0.788. The lowest BCUT2D eigenvalue weighted by atomic mass is 10.1. The SMILES string of the molecule is CC[C@H](C(=O)Nc1cccc(Cl)c1C)n1nc(C)c2c(C)n(-c3ccc(C)cc3)nc2c1=O. The number of carbonyl (C=O) groups is 1. The number of benzene rings is 2. The first-order valence-electron chi connectivity index (χ1n) is 10.8. The summed E-state index contributed by atoms with van der Waals surface area (Å²) >= 11 is 6.19. The van der Waals surface area contributed by atoms with Gasteiger partial charge in [0.05, 0.1) is 22.5 Å². The number of nitrogens with zero attached hydrogens (tertiary/aromatic N) is 4. The first-order chi connectivity index (χ1) is 15.7. The number of carbonyl (C=O) groups excluding carboxylic acids is 1. The third-order valence-corrected chi connectivity index (χ3v) is 6.34. The molecule has 0 aliphatic carbocycles. The number of nitrogens with one attached hydrogen (secondary N) is 1. The molecule has 0 aliphatic heterocycles. The Labute approximate surface area is 197 Å². The van der Waals surface area contributed by atoms with Crippen molar-refractivity contribution in [3.63, 3.8) is 0 Å². The Morgan fingerprint density at radius 1 is 1.06 bits per heavy atom. The molecule has 1 N–H and O–H groups in total. The zero-order valence-corrected chi connectivity index (χ0v) is 20.1. The maximum absolute atomic E-state index is 13.4. The first kappa shape index (κ1) is 22.7. The zero-order valence-electron chi connectivity index (χ0n) is 19.3. The fourth-order valence-electron chi connectivity index (χ4n) is 4.03. The van der Waals surface area contributed by atoms with E-state index in [2.05, 4.69) is 15.5 Å². The molecule has 0 unspecified atom stereocenters. The highest BCUT2D eigenvalue weighted by Crippen LogP contribution is 2.25. The third kappa shape index (κ3) is 4.04. The Hall–Kier alpha value is -3.45. The van der Waals surface area contributed by atoms with E-state index in [0.29, 0.717) is 33.7 Å². The van der Waals surface area contributed by atoms with Crippen LogP contribution in [0.25, 0.3) is 16.6 Å². The molecule has 0 spiro atoms. The summed E-state index contributed by atoms with van der Waals surface area (Å²) in [6.45, 7) is 9.44. The number of aromatic nitrogens is 4. The van der Waals surface area contributed by atoms with E-state index in [1.54, 1.807) is 22.9 Å². The molecule has 0 radical (unpaired) electrons. The zero-order chi connectivity index (χ0) is 23.9. The van der Waals surface area contributed by atoms with Gasteiger partial charge in [-0.15, -0.1) is 0 Å². The van der Waals surface area contributed by atoms with E-state index in [1.165, 1.54) is 4.68 Å². The van der Waals surface area contributed by atoms with E-state index in [-0.39, 0.29) is 5.91 Å². The quantitative estimate of drug-likeness (QED) is 0.448. The molecule has 0 bridgehead atoms. The molecule has 2 aromatic carbocycles. The molecule has 0 saturated heterocycles. The van der Waals surface area contributed by atoms with Crippen molar-refractivity contribution >= 4 is 34.1 Å². The van der Waals surface area contributed by atoms with Crippen molar-refractivity contribution in [2.24, 2.45) is 0 Å². The van der Waals surface area contributed by atoms with Crippen LogP contribution >= 0.6 is 11.6 Å². The highest BCUT2D eigenvalue weighted by atomic mass is 35.5. The second-order valence-corrected chi connectivity index (χ2v) is 8.62. The van der Waals surface area contributed by atoms with Gasteiger partial charge in [0.2, 0.25) is 5.91 Å². The van der Waals surface area contributed by atoms with Crippen LogP contribution in [0.4, 0.5) is 5.69 Å². The van der Waals surface area contributed by atoms with Gasteiger partial charge in [-0.2, -0.15) is 10.2 Å². The Morgan fingerprint density at radius 2 is 1.76 bits per heavy atom. The van der Waals surface area contributed by atoms with Crippen molar-refractivity contribution in [2.75, 3.05) is 5.32 Å². The van der Waals surface area contributed by atoms with Gasteiger partial charge in [-0.25, -0.2) is 9.36 Å². The number of rotatable bonds is 5. The van der Waals surface area contributed by atoms with Gasteiger partial charge >= 0.3 is 0 Å². The number of amides is 1. The molecule has 2 aromatic heterocycles. The summed E-state index contributed by atoms with van der Waals surface area (Å²) in [5.41, 5.74) is 4.75. The molecule has 0 saturated carbocycles. The Morgan fingerprint density at radius 3 is 2.42 bits per heavy atom. The molecular formula is C25H26ClN5O2. The lowest BCUT2D eigenvalue weighted by Gasteiger charge is -2.18. The maximum Gasteiger partial charge on any atom is 0.295 e. The van der Waals surface area contributed by atoms with Crippen molar-refractivity contribution in [3.05, 3.63) is 80.4 Å². The highest BCUT2D eigenvalue weighted by molar-refractivity contribution is 6.31. The Balaban J connectivity index is 1.79. The van der Waals surface area contributed by atoms with Gasteiger partial charge in [0, 0.05) is 10.7 Å². The molecule has 1 atom stereocenters. The summed E-state index contributed by atoms with van der Waals surface area (Å²) in [5.74, 6) is -0.328. The van der Waals surface area contributed by atoms with Crippen molar-refractivity contribution < 1.29 is 4.79 Å². The van der Waals surface area contributed by atoms with E-state index in [9.17, 15) is 9.59 Å². The maximum atomic E-state index is 13.4. The summed E-state index contributed by atoms with van der Waals surface area (Å²) in [6, 6.07) is 12.5. The van der Waals surface area contributed by atoms with Gasteiger partial charge in [0.25, 0.3) is 5.56 Å². The van der Waals surface area contributed by atoms with Crippen LogP contribution in [0.15, 0.2) is 47.3 Å². The van der Waals surface area contributed by atoms with Gasteiger partial charge in [-0.05, 0) is 63.9 Å². The second-order valence-electron chi connectivity index (χ2n) is 8.22. The number of hydrogen-bond acceptors (Lipinski definition) is 4. The van der Waals surface area contributed by atoms with Gasteiger partial charge in [-0.1, -0.05) is 42.3 Å². The number of hydrogen-bond donors (Lipinski definition) is 1. The van der Waals surface area contributed by atoms with Crippen LogP contribution in [-0.4, -0.2) is 25.5 Å². The molecule has 33 heavy (non-hydrogen) atoms. The van der Waals surface area contributed by atoms with Crippen LogP contribution in [0.5, 0.6) is 0 Å². The minimum absolute atomic E-state index is 0.297. The van der Waals surface area contributed by atoms with E-state index in [1.807, 2.05) is 58.9 Å². The molecule has 7 nitrogen and oxygen atoms in total. The van der Waals surface area contributed by atoms with E-state index < -0.39 is 11.6 Å². The summed E-state index contributed by atoms with van der Waals surface area (Å²) in [4.78, 5) is 26.6. The van der Waals surface area contributed by atoms with Crippen LogP contribution in [0.2, 0.25) is 5.02 Å². The smallest absolute Gasteiger partial charge is 0.295 e. The molecule has 4 rings (SSSR count). The predicted octanol–water partition coefficient (Wildman–Crippen LogP) is 5.06. The summed E-state index contributed by atoms with van der Waals surface area (Å²) in [6.07, 6.45) is 0.390. The van der Waals surface area contributed by atoms with Crippen LogP contribution in [-0.2, 0) is 4.79 Å². The number of fused-ring (bicyclic) bond motifs is 1. The van der Waals surface area contributed by atoms with Crippen molar-refractivity contribution in [1.29, 1.82) is 0 Å². The predicted molar refractivity (Wildman–Crippen MR) is 131 cm³/mol. The van der Waals surface area contributed by atoms with Crippen molar-refractivity contribution in [2.45, 2.75) is 47.1 Å². The molecule has 170 valence electrons. The minimum Gasteiger partial charge on any atom is -0.324 e. The number of anilines is 1. The monoisotopic (exact) mass is 463 g/mol. The molecule has 1 amide bonds. The van der Waals surface area contributed by atoms with Gasteiger partial charge in [0.1, 0.15) is 6.04 Å².